The van der Waals surface area contributed by atoms with Crippen LogP contribution in [0.15, 0.2) is 22.7 Å². The molecule has 3 rings (SSSR count). The molecule has 0 bridgehead atoms. The molecule has 0 atom stereocenters. The number of hydrogen-bond donors (Lipinski definition) is 2. The number of aromatic nitrogens is 2. The summed E-state index contributed by atoms with van der Waals surface area (Å²) in [5.74, 6) is -1.28. The highest BCUT2D eigenvalue weighted by molar-refractivity contribution is 5.96. The summed E-state index contributed by atoms with van der Waals surface area (Å²) in [4.78, 5) is 18.5. The number of phenolic OH excluding ortho intramolecular Hbond substituents is 1. The van der Waals surface area contributed by atoms with Crippen LogP contribution in [-0.2, 0) is 13.1 Å². The Hall–Kier alpha value is -2.48. The lowest BCUT2D eigenvalue weighted by Crippen LogP contribution is -2.29. The van der Waals surface area contributed by atoms with Gasteiger partial charge in [0, 0.05) is 0 Å². The Morgan fingerprint density at radius 3 is 2.92 bits per heavy atom. The third-order valence-electron chi connectivity index (χ3n) is 3.96. The number of carbonyl (C=O) groups is 1. The molecule has 2 aromatic rings. The normalized spacial score (nSPS) is 15.4. The quantitative estimate of drug-likeness (QED) is 0.867. The molecule has 1 aromatic carbocycles. The topological polar surface area (TPSA) is 91.5 Å². The standard InChI is InChI=1S/C16H19FN4O3/c17-12-6-4-5-11(15(12)22)16(23)18-9-14-19-13(20-24-14)10-21-7-2-1-3-8-21/h4-6,22H,1-3,7-10H2,(H,18,23). The van der Waals surface area contributed by atoms with Gasteiger partial charge in [0.05, 0.1) is 18.7 Å². The first-order valence-corrected chi connectivity index (χ1v) is 7.93. The smallest absolute Gasteiger partial charge is 0.255 e. The molecule has 128 valence electrons. The first kappa shape index (κ1) is 16.4. The Balaban J connectivity index is 1.55. The van der Waals surface area contributed by atoms with Crippen molar-refractivity contribution in [3.8, 4) is 5.75 Å². The van der Waals surface area contributed by atoms with E-state index >= 15 is 0 Å². The van der Waals surface area contributed by atoms with Crippen LogP contribution in [0.3, 0.4) is 0 Å². The lowest BCUT2D eigenvalue weighted by atomic mass is 10.1. The van der Waals surface area contributed by atoms with E-state index in [1.54, 1.807) is 0 Å². The zero-order valence-corrected chi connectivity index (χ0v) is 13.2. The second-order valence-electron chi connectivity index (χ2n) is 5.76. The Kier molecular flexibility index (Phi) is 5.05. The molecule has 1 aliphatic rings. The number of carbonyl (C=O) groups excluding carboxylic acids is 1. The van der Waals surface area contributed by atoms with Gasteiger partial charge in [-0.25, -0.2) is 4.39 Å². The summed E-state index contributed by atoms with van der Waals surface area (Å²) in [5, 5.41) is 16.0. The van der Waals surface area contributed by atoms with Gasteiger partial charge in [-0.3, -0.25) is 9.69 Å². The average Bonchev–Trinajstić information content (AvgIpc) is 3.03. The summed E-state index contributed by atoms with van der Waals surface area (Å²) < 4.78 is 18.4. The number of nitrogens with zero attached hydrogens (tertiary/aromatic N) is 3. The molecule has 7 nitrogen and oxygen atoms in total. The summed E-state index contributed by atoms with van der Waals surface area (Å²) in [6.45, 7) is 2.70. The number of para-hydroxylation sites is 1. The van der Waals surface area contributed by atoms with Crippen LogP contribution in [0.5, 0.6) is 5.75 Å². The molecule has 1 aromatic heterocycles. The Morgan fingerprint density at radius 2 is 2.12 bits per heavy atom. The number of halogens is 1. The summed E-state index contributed by atoms with van der Waals surface area (Å²) >= 11 is 0. The van der Waals surface area contributed by atoms with Crippen LogP contribution in [-0.4, -0.2) is 39.1 Å². The first-order valence-electron chi connectivity index (χ1n) is 7.93. The molecule has 24 heavy (non-hydrogen) atoms. The number of rotatable bonds is 5. The fourth-order valence-corrected chi connectivity index (χ4v) is 2.69. The second kappa shape index (κ2) is 7.39. The van der Waals surface area contributed by atoms with Gasteiger partial charge in [-0.1, -0.05) is 17.6 Å². The lowest BCUT2D eigenvalue weighted by molar-refractivity contribution is 0.0942. The van der Waals surface area contributed by atoms with Crippen molar-refractivity contribution in [2.24, 2.45) is 0 Å². The van der Waals surface area contributed by atoms with E-state index < -0.39 is 17.5 Å². The number of phenols is 1. The van der Waals surface area contributed by atoms with Gasteiger partial charge in [-0.05, 0) is 38.1 Å². The van der Waals surface area contributed by atoms with E-state index in [4.69, 9.17) is 4.52 Å². The minimum atomic E-state index is -0.843. The Morgan fingerprint density at radius 1 is 1.33 bits per heavy atom. The molecule has 0 saturated carbocycles. The molecule has 0 aliphatic carbocycles. The monoisotopic (exact) mass is 334 g/mol. The molecule has 1 saturated heterocycles. The molecule has 1 amide bonds. The minimum absolute atomic E-state index is 0.0157. The Labute approximate surface area is 138 Å². The van der Waals surface area contributed by atoms with Gasteiger partial charge in [-0.15, -0.1) is 0 Å². The van der Waals surface area contributed by atoms with Crippen molar-refractivity contribution in [3.05, 3.63) is 41.3 Å². The zero-order chi connectivity index (χ0) is 16.9. The highest BCUT2D eigenvalue weighted by Crippen LogP contribution is 2.20. The van der Waals surface area contributed by atoms with E-state index in [1.165, 1.54) is 31.4 Å². The van der Waals surface area contributed by atoms with E-state index in [1.807, 2.05) is 0 Å². The maximum absolute atomic E-state index is 13.3. The fraction of sp³-hybridized carbons (Fsp3) is 0.438. The van der Waals surface area contributed by atoms with E-state index in [2.05, 4.69) is 20.4 Å². The van der Waals surface area contributed by atoms with Gasteiger partial charge in [-0.2, -0.15) is 4.98 Å². The van der Waals surface area contributed by atoms with E-state index in [0.717, 1.165) is 19.2 Å². The summed E-state index contributed by atoms with van der Waals surface area (Å²) in [6, 6.07) is 3.77. The summed E-state index contributed by atoms with van der Waals surface area (Å²) in [5.41, 5.74) is -0.136. The number of piperidine rings is 1. The third-order valence-corrected chi connectivity index (χ3v) is 3.96. The predicted molar refractivity (Wildman–Crippen MR) is 82.7 cm³/mol. The molecular formula is C16H19FN4O3. The van der Waals surface area contributed by atoms with Crippen molar-refractivity contribution in [2.45, 2.75) is 32.4 Å². The second-order valence-corrected chi connectivity index (χ2v) is 5.76. The van der Waals surface area contributed by atoms with Crippen molar-refractivity contribution >= 4 is 5.91 Å². The number of aromatic hydroxyl groups is 1. The summed E-state index contributed by atoms with van der Waals surface area (Å²) in [7, 11) is 0. The molecule has 1 aliphatic heterocycles. The average molecular weight is 334 g/mol. The van der Waals surface area contributed by atoms with E-state index in [0.29, 0.717) is 12.4 Å². The van der Waals surface area contributed by atoms with Crippen molar-refractivity contribution < 1.29 is 18.8 Å². The van der Waals surface area contributed by atoms with Crippen LogP contribution in [0.25, 0.3) is 0 Å². The number of likely N-dealkylation sites (tertiary alicyclic amines) is 1. The summed E-state index contributed by atoms with van der Waals surface area (Å²) in [6.07, 6.45) is 3.61. The van der Waals surface area contributed by atoms with Gasteiger partial charge in [0.1, 0.15) is 0 Å². The predicted octanol–water partition coefficient (Wildman–Crippen LogP) is 1.83. The number of nitrogens with one attached hydrogen (secondary N) is 1. The van der Waals surface area contributed by atoms with Crippen molar-refractivity contribution in [3.63, 3.8) is 0 Å². The Bertz CT molecular complexity index is 713. The van der Waals surface area contributed by atoms with Crippen LogP contribution in [0.1, 0.15) is 41.3 Å². The molecule has 0 unspecified atom stereocenters. The zero-order valence-electron chi connectivity index (χ0n) is 13.2. The number of amides is 1. The van der Waals surface area contributed by atoms with Gasteiger partial charge in [0.25, 0.3) is 5.91 Å². The number of benzene rings is 1. The van der Waals surface area contributed by atoms with Crippen molar-refractivity contribution in [2.75, 3.05) is 13.1 Å². The molecule has 8 heteroatoms. The largest absolute Gasteiger partial charge is 0.504 e. The molecular weight excluding hydrogens is 315 g/mol. The van der Waals surface area contributed by atoms with E-state index in [-0.39, 0.29) is 18.0 Å². The van der Waals surface area contributed by atoms with Gasteiger partial charge >= 0.3 is 0 Å². The highest BCUT2D eigenvalue weighted by atomic mass is 19.1. The van der Waals surface area contributed by atoms with Crippen LogP contribution in [0, 0.1) is 5.82 Å². The maximum atomic E-state index is 13.3. The van der Waals surface area contributed by atoms with Crippen LogP contribution in [0.4, 0.5) is 4.39 Å². The molecule has 2 N–H and O–H groups in total. The van der Waals surface area contributed by atoms with Gasteiger partial charge in [0.15, 0.2) is 17.4 Å². The molecule has 2 heterocycles. The van der Waals surface area contributed by atoms with Crippen LogP contribution in [0.2, 0.25) is 0 Å². The minimum Gasteiger partial charge on any atom is -0.504 e. The first-order chi connectivity index (χ1) is 11.6. The van der Waals surface area contributed by atoms with E-state index in [9.17, 15) is 14.3 Å². The fourth-order valence-electron chi connectivity index (χ4n) is 2.69. The van der Waals surface area contributed by atoms with Crippen LogP contribution < -0.4 is 5.32 Å². The van der Waals surface area contributed by atoms with Gasteiger partial charge < -0.3 is 14.9 Å². The van der Waals surface area contributed by atoms with Gasteiger partial charge in [0.2, 0.25) is 5.89 Å². The lowest BCUT2D eigenvalue weighted by Gasteiger charge is -2.24. The third kappa shape index (κ3) is 3.88. The SMILES string of the molecule is O=C(NCc1nc(CN2CCCCC2)no1)c1cccc(F)c1O. The molecule has 0 spiro atoms. The molecule has 0 radical (unpaired) electrons. The maximum Gasteiger partial charge on any atom is 0.255 e. The van der Waals surface area contributed by atoms with Crippen molar-refractivity contribution in [1.29, 1.82) is 0 Å². The number of hydrogen-bond acceptors (Lipinski definition) is 6. The van der Waals surface area contributed by atoms with Crippen molar-refractivity contribution in [1.82, 2.24) is 20.4 Å². The molecule has 1 fully saturated rings. The van der Waals surface area contributed by atoms with Crippen LogP contribution >= 0.6 is 0 Å². The highest BCUT2D eigenvalue weighted by Gasteiger charge is 2.17.